The number of benzene rings is 2. The average Bonchev–Trinajstić information content (AvgIpc) is 2.63. The smallest absolute Gasteiger partial charge is 0.872 e. The van der Waals surface area contributed by atoms with Crippen molar-refractivity contribution < 1.29 is 117 Å². The Kier molecular flexibility index (Phi) is 12.6. The van der Waals surface area contributed by atoms with Gasteiger partial charge in [0.1, 0.15) is 5.75 Å². The molecule has 0 amide bonds. The average molecular weight is 752 g/mol. The summed E-state index contributed by atoms with van der Waals surface area (Å²) in [5.41, 5.74) is 4.75. The monoisotopic (exact) mass is 751 g/mol. The minimum Gasteiger partial charge on any atom is -0.872 e. The zero-order valence-electron chi connectivity index (χ0n) is 16.5. The van der Waals surface area contributed by atoms with Crippen LogP contribution in [0.3, 0.4) is 0 Å². The zero-order chi connectivity index (χ0) is 19.3. The van der Waals surface area contributed by atoms with E-state index in [1.165, 1.54) is 12.1 Å². The van der Waals surface area contributed by atoms with Gasteiger partial charge in [-0.3, -0.25) is 0 Å². The van der Waals surface area contributed by atoms with Crippen LogP contribution < -0.4 is 74.1 Å². The summed E-state index contributed by atoms with van der Waals surface area (Å²) in [4.78, 5) is 11.8. The van der Waals surface area contributed by atoms with E-state index in [9.17, 15) is 20.1 Å². The first kappa shape index (κ1) is 31.2. The Labute approximate surface area is 259 Å². The molecule has 2 aromatic carbocycles. The summed E-state index contributed by atoms with van der Waals surface area (Å²) >= 11 is 6.42. The van der Waals surface area contributed by atoms with Crippen molar-refractivity contribution in [3.8, 4) is 11.5 Å². The molecule has 4 rings (SSSR count). The first-order chi connectivity index (χ1) is 12.9. The number of aromatic carboxylic acids is 1. The van der Waals surface area contributed by atoms with Gasteiger partial charge in [0.25, 0.3) is 0 Å². The van der Waals surface area contributed by atoms with Crippen LogP contribution >= 0.6 is 31.9 Å². The molecule has 0 aromatic heterocycles. The van der Waals surface area contributed by atoms with Crippen molar-refractivity contribution >= 4 is 43.4 Å². The normalized spacial score (nSPS) is 13.2. The number of ether oxygens (including phenoxy) is 1. The number of carboxylic acid groups (broad SMARTS) is 1. The van der Waals surface area contributed by atoms with Crippen LogP contribution in [0.2, 0.25) is 0 Å². The van der Waals surface area contributed by atoms with Gasteiger partial charge in [0.15, 0.2) is 5.76 Å². The third kappa shape index (κ3) is 6.00. The van der Waals surface area contributed by atoms with Crippen molar-refractivity contribution in [3.05, 3.63) is 90.9 Å². The molecular formula is C20H9Br2HgNa2O6. The van der Waals surface area contributed by atoms with Gasteiger partial charge in [-0.25, -0.2) is 4.79 Å². The van der Waals surface area contributed by atoms with Crippen LogP contribution in [0.1, 0.15) is 21.5 Å². The summed E-state index contributed by atoms with van der Waals surface area (Å²) in [5.74, 6) is -1.39. The zero-order valence-corrected chi connectivity index (χ0v) is 29.2. The molecule has 6 nitrogen and oxygen atoms in total. The third-order valence-electron chi connectivity index (χ3n) is 4.17. The predicted molar refractivity (Wildman–Crippen MR) is 103 cm³/mol. The molecule has 1 aliphatic carbocycles. The molecule has 11 heteroatoms. The summed E-state index contributed by atoms with van der Waals surface area (Å²) in [7, 11) is 0. The number of carboxylic acids is 1. The maximum absolute atomic E-state index is 12.0. The number of allylic oxidation sites excluding steroid dienone is 1. The van der Waals surface area contributed by atoms with Gasteiger partial charge in [-0.2, -0.15) is 0 Å². The minimum atomic E-state index is -1.09. The van der Waals surface area contributed by atoms with E-state index in [0.717, 1.165) is 0 Å². The molecule has 2 aliphatic rings. The standard InChI is InChI=1S/C20H10Br2O5.Hg.2Na.H2O/c21-13-5-11-17(7-15(13)23)27-18-8-16(24)14(22)6-12(18)19(11)9-3-1-2-4-10(9)20(25)26;;;;/h1-7,23-24H,(H,25,26);;;;1H2/q;3*+1;/p-3. The first-order valence-electron chi connectivity index (χ1n) is 7.68. The maximum Gasteiger partial charge on any atom is 1.00 e. The van der Waals surface area contributed by atoms with Crippen molar-refractivity contribution in [1.29, 1.82) is 0 Å². The molecule has 143 valence electrons. The molecular weight excluding hydrogens is 743 g/mol. The van der Waals surface area contributed by atoms with E-state index in [2.05, 4.69) is 37.6 Å². The Hall–Kier alpha value is 0.165. The SMILES string of the molecule is O=C(O)c1ccccc1C1=C2C=C(Br)C([O-])=C=C2Oc2cc([O-])c(Br)cc21.[Hg+].[Na+].[Na+].[OH-]. The number of fused-ring (bicyclic) bond motifs is 2. The second-order valence-electron chi connectivity index (χ2n) is 5.80. The molecule has 1 heterocycles. The topological polar surface area (TPSA) is 123 Å². The summed E-state index contributed by atoms with van der Waals surface area (Å²) in [6.07, 6.45) is 1.57. The minimum absolute atomic E-state index is 0. The number of halogens is 2. The maximum atomic E-state index is 12.0. The number of hydrogen-bond donors (Lipinski definition) is 1. The quantitative estimate of drug-likeness (QED) is 0.263. The Morgan fingerprint density at radius 1 is 1.06 bits per heavy atom. The van der Waals surface area contributed by atoms with Crippen LogP contribution in [-0.4, -0.2) is 16.6 Å². The first-order valence-corrected chi connectivity index (χ1v) is 9.27. The van der Waals surface area contributed by atoms with E-state index in [-0.39, 0.29) is 120 Å². The molecule has 0 saturated heterocycles. The second kappa shape index (κ2) is 12.6. The summed E-state index contributed by atoms with van der Waals surface area (Å²) in [6.45, 7) is 0. The fourth-order valence-electron chi connectivity index (χ4n) is 3.00. The fourth-order valence-corrected chi connectivity index (χ4v) is 3.67. The van der Waals surface area contributed by atoms with Crippen molar-refractivity contribution in [2.24, 2.45) is 0 Å². The second-order valence-corrected chi connectivity index (χ2v) is 7.50. The van der Waals surface area contributed by atoms with Crippen molar-refractivity contribution in [2.75, 3.05) is 0 Å². The Balaban J connectivity index is 0.00000225. The van der Waals surface area contributed by atoms with Gasteiger partial charge in [-0.15, -0.1) is 0 Å². The third-order valence-corrected chi connectivity index (χ3v) is 5.38. The largest absolute Gasteiger partial charge is 1.00 e. The molecule has 0 fully saturated rings. The van der Waals surface area contributed by atoms with E-state index in [1.54, 1.807) is 30.3 Å². The summed E-state index contributed by atoms with van der Waals surface area (Å²) in [5, 5.41) is 33.6. The molecule has 0 saturated carbocycles. The van der Waals surface area contributed by atoms with Gasteiger partial charge in [-0.1, -0.05) is 61.5 Å². The number of rotatable bonds is 2. The van der Waals surface area contributed by atoms with Crippen LogP contribution in [0, 0.1) is 0 Å². The van der Waals surface area contributed by atoms with Gasteiger partial charge < -0.3 is 25.5 Å². The van der Waals surface area contributed by atoms with Crippen LogP contribution in [0.25, 0.3) is 5.57 Å². The Morgan fingerprint density at radius 2 is 1.71 bits per heavy atom. The van der Waals surface area contributed by atoms with Gasteiger partial charge in [0.05, 0.1) is 5.56 Å². The van der Waals surface area contributed by atoms with Crippen LogP contribution in [0.4, 0.5) is 0 Å². The van der Waals surface area contributed by atoms with E-state index < -0.39 is 11.7 Å². The molecule has 31 heavy (non-hydrogen) atoms. The molecule has 1 aliphatic heterocycles. The molecule has 0 bridgehead atoms. The van der Waals surface area contributed by atoms with Crippen molar-refractivity contribution in [3.63, 3.8) is 0 Å². The Morgan fingerprint density at radius 3 is 2.35 bits per heavy atom. The van der Waals surface area contributed by atoms with Gasteiger partial charge in [0, 0.05) is 25.7 Å². The summed E-state index contributed by atoms with van der Waals surface area (Å²) in [6, 6.07) is 9.42. The van der Waals surface area contributed by atoms with Gasteiger partial charge >= 0.3 is 92.8 Å². The Bertz CT molecular complexity index is 1170. The molecule has 0 atom stereocenters. The van der Waals surface area contributed by atoms with Gasteiger partial charge in [0.2, 0.25) is 0 Å². The molecule has 2 N–H and O–H groups in total. The van der Waals surface area contributed by atoms with E-state index in [0.29, 0.717) is 26.7 Å². The predicted octanol–water partition coefficient (Wildman–Crippen LogP) is -2.74. The van der Waals surface area contributed by atoms with Crippen LogP contribution in [-0.2, 0) is 27.7 Å². The molecule has 0 spiro atoms. The van der Waals surface area contributed by atoms with E-state index in [4.69, 9.17) is 4.74 Å². The fraction of sp³-hybridized carbons (Fsp3) is 0. The molecule has 2 aromatic rings. The number of carbonyl (C=O) groups is 1. The van der Waals surface area contributed by atoms with Crippen molar-refractivity contribution in [1.82, 2.24) is 0 Å². The van der Waals surface area contributed by atoms with E-state index in [1.807, 2.05) is 0 Å². The molecule has 1 radical (unpaired) electrons. The van der Waals surface area contributed by atoms with Gasteiger partial charge in [-0.05, 0) is 35.6 Å². The molecule has 0 unspecified atom stereocenters. The van der Waals surface area contributed by atoms with E-state index >= 15 is 0 Å². The summed E-state index contributed by atoms with van der Waals surface area (Å²) < 4.78 is 6.33. The number of hydrogen-bond acceptors (Lipinski definition) is 5. The van der Waals surface area contributed by atoms with Crippen LogP contribution in [0.5, 0.6) is 11.5 Å². The van der Waals surface area contributed by atoms with Crippen molar-refractivity contribution in [2.45, 2.75) is 0 Å². The van der Waals surface area contributed by atoms with Crippen LogP contribution in [0.15, 0.2) is 74.3 Å².